The lowest BCUT2D eigenvalue weighted by molar-refractivity contribution is -0.268. The molecule has 1 fully saturated rings. The van der Waals surface area contributed by atoms with Crippen LogP contribution in [0.2, 0.25) is 0 Å². The molecular formula is C22H22O12. The van der Waals surface area contributed by atoms with Crippen LogP contribution in [0.5, 0.6) is 34.5 Å². The lowest BCUT2D eigenvalue weighted by atomic mass is 10.00. The number of aromatic hydroxyl groups is 4. The van der Waals surface area contributed by atoms with E-state index in [4.69, 9.17) is 18.6 Å². The monoisotopic (exact) mass is 478 g/mol. The van der Waals surface area contributed by atoms with Gasteiger partial charge in [0.1, 0.15) is 40.8 Å². The molecule has 12 nitrogen and oxygen atoms in total. The molecule has 1 aliphatic rings. The Kier molecular flexibility index (Phi) is 5.91. The molecule has 4 rings (SSSR count). The van der Waals surface area contributed by atoms with Crippen LogP contribution in [-0.4, -0.2) is 73.6 Å². The van der Waals surface area contributed by atoms with Crippen molar-refractivity contribution >= 4 is 11.0 Å². The van der Waals surface area contributed by atoms with Crippen molar-refractivity contribution in [1.82, 2.24) is 0 Å². The highest BCUT2D eigenvalue weighted by Crippen LogP contribution is 2.43. The summed E-state index contributed by atoms with van der Waals surface area (Å²) in [6.45, 7) is 1.42. The van der Waals surface area contributed by atoms with Crippen molar-refractivity contribution in [2.45, 2.75) is 37.6 Å². The van der Waals surface area contributed by atoms with Crippen LogP contribution in [0, 0.1) is 0 Å². The van der Waals surface area contributed by atoms with Crippen LogP contribution in [0.4, 0.5) is 0 Å². The summed E-state index contributed by atoms with van der Waals surface area (Å²) in [5.74, 6) is -3.59. The standard InChI is InChI=1S/C22H22O12/c1-7-15(26)18(29)19(30)22(32-7)34-21-17(28)14-12(31-2)5-9(23)6-13(14)33-20(21)8-3-10(24)16(27)11(25)4-8/h3-7,15,18-19,22-27,29-30H,1-2H3/t7-,15-,18-,19-,22-/m0/s1. The summed E-state index contributed by atoms with van der Waals surface area (Å²) >= 11 is 0. The second-order valence-corrected chi connectivity index (χ2v) is 7.77. The van der Waals surface area contributed by atoms with E-state index in [-0.39, 0.29) is 33.8 Å². The van der Waals surface area contributed by atoms with Gasteiger partial charge in [-0.2, -0.15) is 0 Å². The third-order valence-electron chi connectivity index (χ3n) is 5.50. The number of phenols is 4. The average molecular weight is 478 g/mol. The molecule has 1 aromatic heterocycles. The molecule has 12 heteroatoms. The Morgan fingerprint density at radius 1 is 0.912 bits per heavy atom. The smallest absolute Gasteiger partial charge is 0.239 e. The van der Waals surface area contributed by atoms with Crippen LogP contribution in [0.15, 0.2) is 33.5 Å². The van der Waals surface area contributed by atoms with E-state index in [2.05, 4.69) is 0 Å². The van der Waals surface area contributed by atoms with Crippen LogP contribution in [-0.2, 0) is 4.74 Å². The summed E-state index contributed by atoms with van der Waals surface area (Å²) in [6, 6.07) is 4.24. The van der Waals surface area contributed by atoms with Crippen LogP contribution in [0.3, 0.4) is 0 Å². The van der Waals surface area contributed by atoms with Crippen molar-refractivity contribution in [1.29, 1.82) is 0 Å². The first kappa shape index (κ1) is 23.4. The van der Waals surface area contributed by atoms with Gasteiger partial charge in [-0.1, -0.05) is 0 Å². The van der Waals surface area contributed by atoms with Gasteiger partial charge in [0.2, 0.25) is 17.5 Å². The van der Waals surface area contributed by atoms with Crippen LogP contribution in [0.1, 0.15) is 6.92 Å². The normalized spacial score (nSPS) is 24.8. The third kappa shape index (κ3) is 3.82. The number of hydrogen-bond donors (Lipinski definition) is 7. The molecule has 0 spiro atoms. The number of fused-ring (bicyclic) bond motifs is 1. The van der Waals surface area contributed by atoms with Crippen molar-refractivity contribution in [3.63, 3.8) is 0 Å². The Morgan fingerprint density at radius 3 is 2.18 bits per heavy atom. The van der Waals surface area contributed by atoms with Gasteiger partial charge in [-0.05, 0) is 19.1 Å². The van der Waals surface area contributed by atoms with E-state index in [1.54, 1.807) is 0 Å². The first-order chi connectivity index (χ1) is 16.0. The SMILES string of the molecule is COc1cc(O)cc2oc(-c3cc(O)c(O)c(O)c3)c(O[C@@H]3O[C@@H](C)[C@H](O)[C@H](O)[C@@H]3O)c(=O)c12. The number of rotatable bonds is 4. The van der Waals surface area contributed by atoms with Crippen molar-refractivity contribution < 1.29 is 54.4 Å². The molecule has 5 atom stereocenters. The maximum absolute atomic E-state index is 13.5. The van der Waals surface area contributed by atoms with Gasteiger partial charge in [0.15, 0.2) is 23.0 Å². The highest BCUT2D eigenvalue weighted by Gasteiger charge is 2.44. The van der Waals surface area contributed by atoms with Gasteiger partial charge in [0, 0.05) is 17.7 Å². The average Bonchev–Trinajstić information content (AvgIpc) is 2.79. The maximum atomic E-state index is 13.5. The number of phenolic OH excluding ortho intramolecular Hbond substituents is 4. The molecule has 7 N–H and O–H groups in total. The van der Waals surface area contributed by atoms with Crippen LogP contribution >= 0.6 is 0 Å². The van der Waals surface area contributed by atoms with Gasteiger partial charge in [-0.15, -0.1) is 0 Å². The molecule has 1 saturated heterocycles. The Morgan fingerprint density at radius 2 is 1.56 bits per heavy atom. The number of hydrogen-bond acceptors (Lipinski definition) is 12. The molecule has 0 unspecified atom stereocenters. The minimum Gasteiger partial charge on any atom is -0.508 e. The molecule has 2 heterocycles. The molecule has 2 aromatic carbocycles. The Hall–Kier alpha value is -3.71. The zero-order chi connectivity index (χ0) is 24.9. The quantitative estimate of drug-likeness (QED) is 0.257. The van der Waals surface area contributed by atoms with E-state index in [0.717, 1.165) is 24.3 Å². The van der Waals surface area contributed by atoms with Gasteiger partial charge < -0.3 is 54.4 Å². The molecule has 0 aliphatic carbocycles. The predicted octanol–water partition coefficient (Wildman–Crippen LogP) is 0.497. The summed E-state index contributed by atoms with van der Waals surface area (Å²) < 4.78 is 22.0. The topological polar surface area (TPSA) is 200 Å². The van der Waals surface area contributed by atoms with Gasteiger partial charge in [-0.25, -0.2) is 0 Å². The molecule has 3 aromatic rings. The largest absolute Gasteiger partial charge is 0.508 e. The van der Waals surface area contributed by atoms with E-state index in [1.807, 2.05) is 0 Å². The fourth-order valence-electron chi connectivity index (χ4n) is 3.67. The second kappa shape index (κ2) is 8.57. The van der Waals surface area contributed by atoms with Crippen LogP contribution < -0.4 is 14.9 Å². The van der Waals surface area contributed by atoms with E-state index >= 15 is 0 Å². The summed E-state index contributed by atoms with van der Waals surface area (Å²) in [4.78, 5) is 13.5. The number of benzene rings is 2. The van der Waals surface area contributed by atoms with Crippen molar-refractivity contribution in [3.8, 4) is 45.8 Å². The minimum atomic E-state index is -1.77. The van der Waals surface area contributed by atoms with Crippen molar-refractivity contribution in [2.24, 2.45) is 0 Å². The zero-order valence-corrected chi connectivity index (χ0v) is 17.9. The number of ether oxygens (including phenoxy) is 3. The Balaban J connectivity index is 1.97. The van der Waals surface area contributed by atoms with E-state index in [9.17, 15) is 40.5 Å². The summed E-state index contributed by atoms with van der Waals surface area (Å²) in [6.07, 6.45) is -7.45. The van der Waals surface area contributed by atoms with Crippen molar-refractivity contribution in [3.05, 3.63) is 34.5 Å². The predicted molar refractivity (Wildman–Crippen MR) is 114 cm³/mol. The van der Waals surface area contributed by atoms with Gasteiger partial charge in [0.05, 0.1) is 13.2 Å². The second-order valence-electron chi connectivity index (χ2n) is 7.77. The number of aliphatic hydroxyl groups excluding tert-OH is 3. The molecule has 0 radical (unpaired) electrons. The molecule has 0 bridgehead atoms. The Labute approximate surface area is 191 Å². The lowest BCUT2D eigenvalue weighted by Crippen LogP contribution is -2.58. The molecular weight excluding hydrogens is 456 g/mol. The van der Waals surface area contributed by atoms with E-state index in [1.165, 1.54) is 14.0 Å². The minimum absolute atomic E-state index is 0.0644. The Bertz CT molecular complexity index is 1280. The van der Waals surface area contributed by atoms with Gasteiger partial charge in [-0.3, -0.25) is 4.79 Å². The highest BCUT2D eigenvalue weighted by atomic mass is 16.7. The fourth-order valence-corrected chi connectivity index (χ4v) is 3.67. The van der Waals surface area contributed by atoms with Crippen LogP contribution in [0.25, 0.3) is 22.3 Å². The van der Waals surface area contributed by atoms with E-state index in [0.29, 0.717) is 0 Å². The number of aliphatic hydroxyl groups is 3. The third-order valence-corrected chi connectivity index (χ3v) is 5.50. The molecule has 182 valence electrons. The molecule has 1 aliphatic heterocycles. The number of methoxy groups -OCH3 is 1. The van der Waals surface area contributed by atoms with Gasteiger partial charge >= 0.3 is 0 Å². The first-order valence-electron chi connectivity index (χ1n) is 10.0. The first-order valence-corrected chi connectivity index (χ1v) is 10.0. The zero-order valence-electron chi connectivity index (χ0n) is 17.9. The summed E-state index contributed by atoms with van der Waals surface area (Å²) in [7, 11) is 1.26. The highest BCUT2D eigenvalue weighted by molar-refractivity contribution is 5.89. The lowest BCUT2D eigenvalue weighted by Gasteiger charge is -2.38. The van der Waals surface area contributed by atoms with E-state index < -0.39 is 59.1 Å². The molecule has 0 saturated carbocycles. The fraction of sp³-hybridized carbons (Fsp3) is 0.318. The molecule has 34 heavy (non-hydrogen) atoms. The summed E-state index contributed by atoms with van der Waals surface area (Å²) in [5, 5.41) is 69.8. The van der Waals surface area contributed by atoms with Gasteiger partial charge in [0.25, 0.3) is 0 Å². The molecule has 0 amide bonds. The summed E-state index contributed by atoms with van der Waals surface area (Å²) in [5.41, 5.74) is -1.11. The van der Waals surface area contributed by atoms with Crippen molar-refractivity contribution in [2.75, 3.05) is 7.11 Å². The maximum Gasteiger partial charge on any atom is 0.239 e.